The quantitative estimate of drug-likeness (QED) is 0.774. The molecule has 0 fully saturated rings. The third kappa shape index (κ3) is 2.46. The van der Waals surface area contributed by atoms with Crippen molar-refractivity contribution in [2.45, 2.75) is 4.90 Å². The zero-order valence-electron chi connectivity index (χ0n) is 8.01. The molecule has 0 aliphatic rings. The largest absolute Gasteiger partial charge is 0.487 e. The molecule has 0 saturated carbocycles. The third-order valence-electron chi connectivity index (χ3n) is 1.55. The van der Waals surface area contributed by atoms with Gasteiger partial charge in [0.05, 0.1) is 14.2 Å². The van der Waals surface area contributed by atoms with Gasteiger partial charge in [-0.15, -0.1) is 0 Å². The van der Waals surface area contributed by atoms with Crippen LogP contribution in [0.2, 0.25) is 0 Å². The summed E-state index contributed by atoms with van der Waals surface area (Å²) in [5, 5.41) is 5.21. The van der Waals surface area contributed by atoms with Gasteiger partial charge in [0.1, 0.15) is 9.77 Å². The smallest absolute Gasteiger partial charge is 0.349 e. The average Bonchev–Trinajstić information content (AvgIpc) is 2.59. The Morgan fingerprint density at radius 2 is 2.07 bits per heavy atom. The number of carbonyl (C=O) groups excluding carboxylic acids is 1. The first kappa shape index (κ1) is 12.0. The number of carbonyl (C=O) groups is 1. The Labute approximate surface area is 90.7 Å². The number of thiophene rings is 1. The summed E-state index contributed by atoms with van der Waals surface area (Å²) in [6, 6.07) is 1.19. The number of primary sulfonamides is 1. The van der Waals surface area contributed by atoms with Crippen molar-refractivity contribution in [2.24, 2.45) is 5.14 Å². The summed E-state index contributed by atoms with van der Waals surface area (Å²) in [4.78, 5) is 10.9. The zero-order chi connectivity index (χ0) is 11.6. The van der Waals surface area contributed by atoms with Crippen LogP contribution < -0.4 is 9.88 Å². The van der Waals surface area contributed by atoms with E-state index in [4.69, 9.17) is 9.88 Å². The maximum Gasteiger partial charge on any atom is 0.349 e. The normalized spacial score (nSPS) is 11.1. The highest BCUT2D eigenvalue weighted by Crippen LogP contribution is 2.31. The van der Waals surface area contributed by atoms with Crippen molar-refractivity contribution < 1.29 is 22.7 Å². The van der Waals surface area contributed by atoms with Crippen LogP contribution in [-0.4, -0.2) is 28.6 Å². The van der Waals surface area contributed by atoms with Crippen molar-refractivity contribution in [1.82, 2.24) is 0 Å². The first-order valence-electron chi connectivity index (χ1n) is 3.69. The molecule has 0 saturated heterocycles. The summed E-state index contributed by atoms with van der Waals surface area (Å²) in [6.45, 7) is 0. The lowest BCUT2D eigenvalue weighted by Crippen LogP contribution is -2.15. The molecule has 1 heterocycles. The molecule has 0 unspecified atom stereocenters. The fraction of sp³-hybridized carbons (Fsp3) is 0.286. The molecule has 1 aromatic rings. The van der Waals surface area contributed by atoms with Crippen molar-refractivity contribution in [3.63, 3.8) is 0 Å². The Morgan fingerprint density at radius 1 is 1.47 bits per heavy atom. The van der Waals surface area contributed by atoms with E-state index in [0.29, 0.717) is 0 Å². The maximum atomic E-state index is 11.2. The topological polar surface area (TPSA) is 95.7 Å². The minimum atomic E-state index is -3.95. The van der Waals surface area contributed by atoms with E-state index in [9.17, 15) is 13.2 Å². The van der Waals surface area contributed by atoms with Gasteiger partial charge in [-0.25, -0.2) is 18.4 Å². The van der Waals surface area contributed by atoms with Gasteiger partial charge < -0.3 is 9.47 Å². The molecule has 0 radical (unpaired) electrons. The molecule has 0 atom stereocenters. The van der Waals surface area contributed by atoms with Crippen molar-refractivity contribution in [3.05, 3.63) is 10.9 Å². The monoisotopic (exact) mass is 251 g/mol. The van der Waals surface area contributed by atoms with Gasteiger partial charge in [-0.3, -0.25) is 0 Å². The van der Waals surface area contributed by atoms with Gasteiger partial charge in [-0.2, -0.15) is 0 Å². The number of methoxy groups -OCH3 is 2. The van der Waals surface area contributed by atoms with Crippen molar-refractivity contribution in [2.75, 3.05) is 14.2 Å². The number of rotatable bonds is 3. The van der Waals surface area contributed by atoms with Crippen LogP contribution in [0.5, 0.6) is 5.06 Å². The van der Waals surface area contributed by atoms with Crippen LogP contribution in [0.4, 0.5) is 0 Å². The Morgan fingerprint density at radius 3 is 2.47 bits per heavy atom. The van der Waals surface area contributed by atoms with Gasteiger partial charge in [-0.1, -0.05) is 11.3 Å². The second kappa shape index (κ2) is 4.17. The highest BCUT2D eigenvalue weighted by atomic mass is 32.2. The first-order valence-corrected chi connectivity index (χ1v) is 6.05. The molecule has 8 heteroatoms. The summed E-state index contributed by atoms with van der Waals surface area (Å²) in [5.41, 5.74) is 0. The summed E-state index contributed by atoms with van der Waals surface area (Å²) >= 11 is 0.863. The number of esters is 1. The minimum Gasteiger partial charge on any atom is -0.487 e. The third-order valence-corrected chi connectivity index (χ3v) is 3.69. The number of nitrogens with two attached hydrogens (primary N) is 1. The van der Waals surface area contributed by atoms with E-state index >= 15 is 0 Å². The lowest BCUT2D eigenvalue weighted by molar-refractivity contribution is 0.0602. The molecule has 2 N–H and O–H groups in total. The van der Waals surface area contributed by atoms with Crippen LogP contribution in [0.3, 0.4) is 0 Å². The van der Waals surface area contributed by atoms with Crippen LogP contribution in [-0.2, 0) is 14.8 Å². The van der Waals surface area contributed by atoms with E-state index in [1.807, 2.05) is 0 Å². The van der Waals surface area contributed by atoms with Gasteiger partial charge >= 0.3 is 5.97 Å². The molecule has 0 bridgehead atoms. The maximum absolute atomic E-state index is 11.2. The molecule has 15 heavy (non-hydrogen) atoms. The Balaban J connectivity index is 3.37. The van der Waals surface area contributed by atoms with Crippen LogP contribution in [0.15, 0.2) is 11.0 Å². The van der Waals surface area contributed by atoms with E-state index in [-0.39, 0.29) is 14.8 Å². The molecular formula is C7H9NO5S2. The van der Waals surface area contributed by atoms with Gasteiger partial charge in [0, 0.05) is 6.07 Å². The minimum absolute atomic E-state index is 0.0862. The summed E-state index contributed by atoms with van der Waals surface area (Å²) in [5.74, 6) is -0.757. The lowest BCUT2D eigenvalue weighted by atomic mass is 10.5. The number of hydrogen-bond acceptors (Lipinski definition) is 6. The molecular weight excluding hydrogens is 242 g/mol. The molecule has 84 valence electrons. The second-order valence-corrected chi connectivity index (χ2v) is 5.04. The Kier molecular flexibility index (Phi) is 3.32. The van der Waals surface area contributed by atoms with E-state index in [2.05, 4.69) is 4.74 Å². The predicted molar refractivity (Wildman–Crippen MR) is 53.6 cm³/mol. The van der Waals surface area contributed by atoms with Gasteiger partial charge in [0.2, 0.25) is 10.0 Å². The van der Waals surface area contributed by atoms with E-state index < -0.39 is 16.0 Å². The average molecular weight is 251 g/mol. The molecule has 6 nitrogen and oxygen atoms in total. The molecule has 0 aliphatic heterocycles. The number of ether oxygens (including phenoxy) is 2. The zero-order valence-corrected chi connectivity index (χ0v) is 9.65. The van der Waals surface area contributed by atoms with Crippen LogP contribution in [0.25, 0.3) is 0 Å². The van der Waals surface area contributed by atoms with Gasteiger partial charge in [0.15, 0.2) is 5.06 Å². The summed E-state index contributed by atoms with van der Waals surface area (Å²) in [6.07, 6.45) is 0. The van der Waals surface area contributed by atoms with Crippen LogP contribution in [0.1, 0.15) is 9.67 Å². The SMILES string of the molecule is COC(=O)c1sc(OC)cc1S(N)(=O)=O. The fourth-order valence-electron chi connectivity index (χ4n) is 0.900. The van der Waals surface area contributed by atoms with Gasteiger partial charge in [-0.05, 0) is 0 Å². The molecule has 1 rings (SSSR count). The van der Waals surface area contributed by atoms with Crippen LogP contribution in [0, 0.1) is 0 Å². The van der Waals surface area contributed by atoms with Crippen molar-refractivity contribution in [3.8, 4) is 5.06 Å². The highest BCUT2D eigenvalue weighted by Gasteiger charge is 2.24. The molecule has 0 spiro atoms. The Bertz CT molecular complexity index is 476. The molecule has 0 aliphatic carbocycles. The predicted octanol–water partition coefficient (Wildman–Crippen LogP) is 0.191. The van der Waals surface area contributed by atoms with Crippen LogP contribution >= 0.6 is 11.3 Å². The fourth-order valence-corrected chi connectivity index (χ4v) is 2.85. The molecule has 0 aromatic carbocycles. The molecule has 0 amide bonds. The number of sulfonamides is 1. The van der Waals surface area contributed by atoms with E-state index in [0.717, 1.165) is 18.4 Å². The second-order valence-electron chi connectivity index (χ2n) is 2.50. The van der Waals surface area contributed by atoms with Crippen molar-refractivity contribution in [1.29, 1.82) is 0 Å². The molecule has 1 aromatic heterocycles. The van der Waals surface area contributed by atoms with Crippen molar-refractivity contribution >= 4 is 27.3 Å². The van der Waals surface area contributed by atoms with E-state index in [1.165, 1.54) is 13.2 Å². The first-order chi connectivity index (χ1) is 6.90. The Hall–Kier alpha value is -1.12. The van der Waals surface area contributed by atoms with E-state index in [1.54, 1.807) is 0 Å². The number of hydrogen-bond donors (Lipinski definition) is 1. The lowest BCUT2D eigenvalue weighted by Gasteiger charge is -1.97. The summed E-state index contributed by atoms with van der Waals surface area (Å²) < 4.78 is 31.5. The highest BCUT2D eigenvalue weighted by molar-refractivity contribution is 7.89. The summed E-state index contributed by atoms with van der Waals surface area (Å²) in [7, 11) is -1.43. The van der Waals surface area contributed by atoms with Gasteiger partial charge in [0.25, 0.3) is 0 Å². The standard InChI is InChI=1S/C7H9NO5S2/c1-12-5-3-4(15(8,10)11)6(14-5)7(9)13-2/h3H,1-2H3,(H2,8,10,11).